The monoisotopic (exact) mass is 365 g/mol. The van der Waals surface area contributed by atoms with Crippen LogP contribution < -0.4 is 5.32 Å². The third kappa shape index (κ3) is 4.03. The molecule has 1 fully saturated rings. The number of nitrogens with zero attached hydrogens (tertiary/aromatic N) is 2. The van der Waals surface area contributed by atoms with Gasteiger partial charge in [-0.2, -0.15) is 0 Å². The Morgan fingerprint density at radius 3 is 2.74 bits per heavy atom. The van der Waals surface area contributed by atoms with Gasteiger partial charge in [0, 0.05) is 25.8 Å². The third-order valence-corrected chi connectivity index (χ3v) is 5.63. The number of fused-ring (bicyclic) bond motifs is 1. The molecule has 1 aromatic heterocycles. The molecule has 1 N–H and O–H groups in total. The molecule has 1 aromatic carbocycles. The first-order valence-corrected chi connectivity index (χ1v) is 9.94. The summed E-state index contributed by atoms with van der Waals surface area (Å²) in [5.74, 6) is 1.43. The molecule has 2 heterocycles. The minimum absolute atomic E-state index is 0.139. The second-order valence-electron chi connectivity index (χ2n) is 7.92. The van der Waals surface area contributed by atoms with Crippen LogP contribution >= 0.6 is 0 Å². The van der Waals surface area contributed by atoms with Gasteiger partial charge in [-0.3, -0.25) is 4.79 Å². The number of Topliss-reactive ketones (excluding diaryl/α,β-unsaturated/α-hetero) is 1. The van der Waals surface area contributed by atoms with Gasteiger partial charge in [0.2, 0.25) is 5.95 Å². The van der Waals surface area contributed by atoms with Crippen LogP contribution in [0.5, 0.6) is 0 Å². The molecule has 1 aliphatic carbocycles. The first-order valence-electron chi connectivity index (χ1n) is 9.94. The average molecular weight is 365 g/mol. The highest BCUT2D eigenvalue weighted by Crippen LogP contribution is 2.32. The zero-order chi connectivity index (χ0) is 18.8. The Morgan fingerprint density at radius 1 is 1.22 bits per heavy atom. The lowest BCUT2D eigenvalue weighted by atomic mass is 9.81. The molecule has 0 unspecified atom stereocenters. The number of ether oxygens (including phenoxy) is 1. The van der Waals surface area contributed by atoms with Crippen LogP contribution in [0.2, 0.25) is 0 Å². The maximum absolute atomic E-state index is 12.6. The molecular formula is C22H27N3O2. The van der Waals surface area contributed by atoms with Crippen LogP contribution in [0.4, 0.5) is 5.95 Å². The van der Waals surface area contributed by atoms with Crippen LogP contribution in [-0.4, -0.2) is 35.0 Å². The lowest BCUT2D eigenvalue weighted by molar-refractivity contribution is 0.0962. The quantitative estimate of drug-likeness (QED) is 0.864. The highest BCUT2D eigenvalue weighted by Gasteiger charge is 2.28. The minimum Gasteiger partial charge on any atom is -0.376 e. The molecule has 1 aliphatic heterocycles. The second kappa shape index (κ2) is 7.77. The van der Waals surface area contributed by atoms with E-state index in [2.05, 4.69) is 53.4 Å². The van der Waals surface area contributed by atoms with Gasteiger partial charge < -0.3 is 10.1 Å². The van der Waals surface area contributed by atoms with Crippen molar-refractivity contribution in [3.8, 4) is 0 Å². The van der Waals surface area contributed by atoms with E-state index in [1.165, 1.54) is 11.1 Å². The number of anilines is 1. The lowest BCUT2D eigenvalue weighted by Crippen LogP contribution is -2.23. The smallest absolute Gasteiger partial charge is 0.222 e. The average Bonchev–Trinajstić information content (AvgIpc) is 3.20. The zero-order valence-corrected chi connectivity index (χ0v) is 16.1. The molecule has 0 amide bonds. The van der Waals surface area contributed by atoms with Crippen molar-refractivity contribution < 1.29 is 9.53 Å². The molecule has 0 saturated carbocycles. The van der Waals surface area contributed by atoms with E-state index in [1.807, 2.05) is 0 Å². The summed E-state index contributed by atoms with van der Waals surface area (Å²) in [6, 6.07) is 8.68. The Morgan fingerprint density at radius 2 is 2.04 bits per heavy atom. The van der Waals surface area contributed by atoms with Gasteiger partial charge in [0.25, 0.3) is 0 Å². The minimum atomic E-state index is 0.139. The predicted molar refractivity (Wildman–Crippen MR) is 105 cm³/mol. The van der Waals surface area contributed by atoms with E-state index in [-0.39, 0.29) is 17.8 Å². The number of carbonyl (C=O) groups excluding carboxylic acids is 1. The highest BCUT2D eigenvalue weighted by molar-refractivity contribution is 5.98. The summed E-state index contributed by atoms with van der Waals surface area (Å²) in [6.45, 7) is 5.94. The normalized spacial score (nSPS) is 22.1. The summed E-state index contributed by atoms with van der Waals surface area (Å²) >= 11 is 0. The van der Waals surface area contributed by atoms with E-state index in [0.717, 1.165) is 31.6 Å². The molecular weight excluding hydrogens is 338 g/mol. The largest absolute Gasteiger partial charge is 0.376 e. The van der Waals surface area contributed by atoms with Crippen LogP contribution in [0.3, 0.4) is 0 Å². The number of benzene rings is 1. The fourth-order valence-corrected chi connectivity index (χ4v) is 3.93. The van der Waals surface area contributed by atoms with E-state index >= 15 is 0 Å². The van der Waals surface area contributed by atoms with Gasteiger partial charge in [-0.1, -0.05) is 38.1 Å². The fraction of sp³-hybridized carbons (Fsp3) is 0.500. The summed E-state index contributed by atoms with van der Waals surface area (Å²) in [4.78, 5) is 21.6. The highest BCUT2D eigenvalue weighted by atomic mass is 16.5. The van der Waals surface area contributed by atoms with E-state index in [0.29, 0.717) is 30.4 Å². The maximum atomic E-state index is 12.6. The van der Waals surface area contributed by atoms with Crippen LogP contribution in [0.15, 0.2) is 30.5 Å². The Bertz CT molecular complexity index is 811. The molecule has 27 heavy (non-hydrogen) atoms. The molecule has 0 spiro atoms. The van der Waals surface area contributed by atoms with Gasteiger partial charge in [0.1, 0.15) is 0 Å². The summed E-state index contributed by atoms with van der Waals surface area (Å²) in [7, 11) is 0. The van der Waals surface area contributed by atoms with E-state index in [4.69, 9.17) is 4.74 Å². The summed E-state index contributed by atoms with van der Waals surface area (Å²) < 4.78 is 5.63. The predicted octanol–water partition coefficient (Wildman–Crippen LogP) is 4.10. The van der Waals surface area contributed by atoms with Gasteiger partial charge in [-0.15, -0.1) is 0 Å². The Kier molecular flexibility index (Phi) is 5.21. The SMILES string of the molecule is CC(C)c1ccc([C@H]2CC(=O)c3cnc(NC[C@H]4CCCO4)nc3C2)cc1. The van der Waals surface area contributed by atoms with Crippen molar-refractivity contribution in [2.45, 2.75) is 57.5 Å². The summed E-state index contributed by atoms with van der Waals surface area (Å²) in [6.07, 6.45) is 5.41. The summed E-state index contributed by atoms with van der Waals surface area (Å²) in [5.41, 5.74) is 4.07. The maximum Gasteiger partial charge on any atom is 0.222 e. The van der Waals surface area contributed by atoms with E-state index < -0.39 is 0 Å². The molecule has 2 aliphatic rings. The molecule has 2 atom stereocenters. The molecule has 2 aromatic rings. The van der Waals surface area contributed by atoms with Crippen molar-refractivity contribution >= 4 is 11.7 Å². The first kappa shape index (κ1) is 18.1. The molecule has 0 bridgehead atoms. The molecule has 5 nitrogen and oxygen atoms in total. The fourth-order valence-electron chi connectivity index (χ4n) is 3.93. The Balaban J connectivity index is 1.49. The topological polar surface area (TPSA) is 64.1 Å². The van der Waals surface area contributed by atoms with Gasteiger partial charge in [-0.05, 0) is 42.2 Å². The van der Waals surface area contributed by atoms with Crippen LogP contribution in [0.1, 0.15) is 72.1 Å². The number of hydrogen-bond acceptors (Lipinski definition) is 5. The molecule has 4 rings (SSSR count). The van der Waals surface area contributed by atoms with Crippen molar-refractivity contribution in [3.05, 3.63) is 52.8 Å². The van der Waals surface area contributed by atoms with Crippen molar-refractivity contribution in [2.75, 3.05) is 18.5 Å². The first-order chi connectivity index (χ1) is 13.1. The van der Waals surface area contributed by atoms with Crippen molar-refractivity contribution in [1.29, 1.82) is 0 Å². The Labute approximate surface area is 160 Å². The van der Waals surface area contributed by atoms with Crippen molar-refractivity contribution in [2.24, 2.45) is 0 Å². The molecule has 1 saturated heterocycles. The van der Waals surface area contributed by atoms with Gasteiger partial charge in [0.15, 0.2) is 5.78 Å². The van der Waals surface area contributed by atoms with E-state index in [9.17, 15) is 4.79 Å². The van der Waals surface area contributed by atoms with Gasteiger partial charge in [-0.25, -0.2) is 9.97 Å². The number of aromatic nitrogens is 2. The lowest BCUT2D eigenvalue weighted by Gasteiger charge is -2.24. The number of carbonyl (C=O) groups is 1. The van der Waals surface area contributed by atoms with Crippen LogP contribution in [0.25, 0.3) is 0 Å². The number of ketones is 1. The number of nitrogens with one attached hydrogen (secondary N) is 1. The molecule has 142 valence electrons. The zero-order valence-electron chi connectivity index (χ0n) is 16.1. The molecule has 0 radical (unpaired) electrons. The third-order valence-electron chi connectivity index (χ3n) is 5.63. The Hall–Kier alpha value is -2.27. The van der Waals surface area contributed by atoms with Gasteiger partial charge in [0.05, 0.1) is 17.4 Å². The molecule has 5 heteroatoms. The van der Waals surface area contributed by atoms with Crippen molar-refractivity contribution in [3.63, 3.8) is 0 Å². The van der Waals surface area contributed by atoms with Crippen molar-refractivity contribution in [1.82, 2.24) is 9.97 Å². The van der Waals surface area contributed by atoms with Crippen LogP contribution in [0, 0.1) is 0 Å². The van der Waals surface area contributed by atoms with Crippen LogP contribution in [-0.2, 0) is 11.2 Å². The van der Waals surface area contributed by atoms with Gasteiger partial charge >= 0.3 is 0 Å². The number of hydrogen-bond donors (Lipinski definition) is 1. The second-order valence-corrected chi connectivity index (χ2v) is 7.92. The van der Waals surface area contributed by atoms with E-state index in [1.54, 1.807) is 6.20 Å². The number of rotatable bonds is 5. The standard InChI is InChI=1S/C22H27N3O2/c1-14(2)15-5-7-16(8-6-15)17-10-20-19(21(26)11-17)13-24-22(25-20)23-12-18-4-3-9-27-18/h5-8,13-14,17-18H,3-4,9-12H2,1-2H3,(H,23,24,25)/t17-,18-/m1/s1. The summed E-state index contributed by atoms with van der Waals surface area (Å²) in [5, 5.41) is 3.27.